The molecule has 0 aliphatic heterocycles. The summed E-state index contributed by atoms with van der Waals surface area (Å²) in [4.78, 5) is 38.5. The van der Waals surface area contributed by atoms with Crippen molar-refractivity contribution >= 4 is 40.9 Å². The predicted molar refractivity (Wildman–Crippen MR) is 112 cm³/mol. The number of carbonyl (C=O) groups is 3. The van der Waals surface area contributed by atoms with Gasteiger partial charge in [0, 0.05) is 33.6 Å². The van der Waals surface area contributed by atoms with E-state index in [0.717, 1.165) is 4.90 Å². The highest BCUT2D eigenvalue weighted by Gasteiger charge is 2.34. The Kier molecular flexibility index (Phi) is 8.74. The number of thioether (sulfide) groups is 1. The summed E-state index contributed by atoms with van der Waals surface area (Å²) in [6.07, 6.45) is -0.0612. The van der Waals surface area contributed by atoms with Gasteiger partial charge in [-0.15, -0.1) is 11.8 Å². The molecule has 0 aliphatic rings. The Balaban J connectivity index is 2.18. The SMILES string of the molecule is CCOC(=O)[C@H](CC(=O)c1ccccc1)C(CSc1ccc(Cl)cc1)C(C)=O. The first-order valence-corrected chi connectivity index (χ1v) is 10.4. The molecule has 0 aliphatic carbocycles. The maximum Gasteiger partial charge on any atom is 0.310 e. The average Bonchev–Trinajstić information content (AvgIpc) is 2.69. The fraction of sp³-hybridized carbons (Fsp3) is 0.318. The lowest BCUT2D eigenvalue weighted by Crippen LogP contribution is -2.34. The molecule has 0 spiro atoms. The second-order valence-corrected chi connectivity index (χ2v) is 7.86. The zero-order valence-electron chi connectivity index (χ0n) is 15.9. The van der Waals surface area contributed by atoms with Crippen LogP contribution in [0.4, 0.5) is 0 Å². The zero-order valence-corrected chi connectivity index (χ0v) is 17.5. The van der Waals surface area contributed by atoms with Crippen molar-refractivity contribution in [2.75, 3.05) is 12.4 Å². The number of benzene rings is 2. The molecule has 2 atom stereocenters. The maximum absolute atomic E-state index is 12.7. The number of ether oxygens (including phenoxy) is 1. The van der Waals surface area contributed by atoms with E-state index < -0.39 is 17.8 Å². The van der Waals surface area contributed by atoms with Gasteiger partial charge < -0.3 is 4.74 Å². The Labute approximate surface area is 174 Å². The number of hydrogen-bond donors (Lipinski definition) is 0. The molecule has 0 amide bonds. The molecule has 2 aromatic rings. The molecule has 4 nitrogen and oxygen atoms in total. The normalized spacial score (nSPS) is 12.8. The molecule has 1 unspecified atom stereocenters. The van der Waals surface area contributed by atoms with Crippen LogP contribution < -0.4 is 0 Å². The van der Waals surface area contributed by atoms with Crippen LogP contribution in [0.5, 0.6) is 0 Å². The third-order valence-electron chi connectivity index (χ3n) is 4.34. The Morgan fingerprint density at radius 1 is 1.00 bits per heavy atom. The Hall–Kier alpha value is -2.11. The lowest BCUT2D eigenvalue weighted by molar-refractivity contribution is -0.151. The number of Topliss-reactive ketones (excluding diaryl/α,β-unsaturated/α-hetero) is 2. The Bertz CT molecular complexity index is 805. The molecule has 0 N–H and O–H groups in total. The molecule has 0 aromatic heterocycles. The molecule has 28 heavy (non-hydrogen) atoms. The van der Waals surface area contributed by atoms with Crippen LogP contribution in [0.25, 0.3) is 0 Å². The van der Waals surface area contributed by atoms with Crippen LogP contribution in [-0.4, -0.2) is 29.9 Å². The van der Waals surface area contributed by atoms with Gasteiger partial charge in [-0.05, 0) is 38.1 Å². The third kappa shape index (κ3) is 6.50. The first-order valence-electron chi connectivity index (χ1n) is 9.06. The summed E-state index contributed by atoms with van der Waals surface area (Å²) >= 11 is 7.36. The fourth-order valence-electron chi connectivity index (χ4n) is 2.81. The summed E-state index contributed by atoms with van der Waals surface area (Å²) in [5.41, 5.74) is 0.518. The van der Waals surface area contributed by atoms with Gasteiger partial charge in [-0.1, -0.05) is 41.9 Å². The number of ketones is 2. The second kappa shape index (κ2) is 11.0. The van der Waals surface area contributed by atoms with E-state index in [9.17, 15) is 14.4 Å². The van der Waals surface area contributed by atoms with Crippen molar-refractivity contribution in [1.29, 1.82) is 0 Å². The van der Waals surface area contributed by atoms with Gasteiger partial charge in [-0.25, -0.2) is 0 Å². The van der Waals surface area contributed by atoms with Gasteiger partial charge in [0.1, 0.15) is 5.78 Å². The number of carbonyl (C=O) groups excluding carboxylic acids is 3. The minimum absolute atomic E-state index is 0.0612. The topological polar surface area (TPSA) is 60.4 Å². The molecule has 0 fully saturated rings. The van der Waals surface area contributed by atoms with Crippen molar-refractivity contribution in [3.63, 3.8) is 0 Å². The van der Waals surface area contributed by atoms with Gasteiger partial charge in [-0.2, -0.15) is 0 Å². The number of halogens is 1. The minimum atomic E-state index is -0.815. The molecule has 0 saturated heterocycles. The molecule has 148 valence electrons. The van der Waals surface area contributed by atoms with Gasteiger partial charge in [-0.3, -0.25) is 14.4 Å². The van der Waals surface area contributed by atoms with E-state index in [1.54, 1.807) is 43.3 Å². The van der Waals surface area contributed by atoms with E-state index >= 15 is 0 Å². The lowest BCUT2D eigenvalue weighted by Gasteiger charge is -2.23. The molecule has 6 heteroatoms. The molecule has 2 aromatic carbocycles. The zero-order chi connectivity index (χ0) is 20.5. The van der Waals surface area contributed by atoms with Crippen molar-refractivity contribution < 1.29 is 19.1 Å². The summed E-state index contributed by atoms with van der Waals surface area (Å²) in [6.45, 7) is 3.36. The van der Waals surface area contributed by atoms with Crippen LogP contribution in [-0.2, 0) is 14.3 Å². The third-order valence-corrected chi connectivity index (χ3v) is 5.72. The highest BCUT2D eigenvalue weighted by Crippen LogP contribution is 2.29. The summed E-state index contributed by atoms with van der Waals surface area (Å²) in [6, 6.07) is 16.0. The highest BCUT2D eigenvalue weighted by molar-refractivity contribution is 7.99. The lowest BCUT2D eigenvalue weighted by atomic mass is 9.85. The fourth-order valence-corrected chi connectivity index (χ4v) is 4.11. The van der Waals surface area contributed by atoms with Crippen LogP contribution in [0, 0.1) is 11.8 Å². The van der Waals surface area contributed by atoms with Crippen molar-refractivity contribution in [3.8, 4) is 0 Å². The smallest absolute Gasteiger partial charge is 0.310 e. The summed E-state index contributed by atoms with van der Waals surface area (Å²) in [5.74, 6) is -1.88. The van der Waals surface area contributed by atoms with Crippen LogP contribution in [0.15, 0.2) is 59.5 Å². The van der Waals surface area contributed by atoms with Gasteiger partial charge in [0.25, 0.3) is 0 Å². The molecule has 2 rings (SSSR count). The van der Waals surface area contributed by atoms with Gasteiger partial charge in [0.15, 0.2) is 5.78 Å². The summed E-state index contributed by atoms with van der Waals surface area (Å²) in [7, 11) is 0. The number of rotatable bonds is 10. The van der Waals surface area contributed by atoms with Crippen molar-refractivity contribution in [1.82, 2.24) is 0 Å². The van der Waals surface area contributed by atoms with Crippen molar-refractivity contribution in [2.24, 2.45) is 11.8 Å². The predicted octanol–water partition coefficient (Wildman–Crippen LogP) is 5.09. The monoisotopic (exact) mass is 418 g/mol. The van der Waals surface area contributed by atoms with E-state index in [4.69, 9.17) is 16.3 Å². The van der Waals surface area contributed by atoms with Gasteiger partial charge >= 0.3 is 5.97 Å². The minimum Gasteiger partial charge on any atom is -0.466 e. The molecular formula is C22H23ClO4S. The van der Waals surface area contributed by atoms with E-state index in [1.165, 1.54) is 18.7 Å². The maximum atomic E-state index is 12.7. The van der Waals surface area contributed by atoms with Crippen LogP contribution >= 0.6 is 23.4 Å². The highest BCUT2D eigenvalue weighted by atomic mass is 35.5. The van der Waals surface area contributed by atoms with E-state index in [1.807, 2.05) is 18.2 Å². The van der Waals surface area contributed by atoms with Crippen molar-refractivity contribution in [3.05, 3.63) is 65.2 Å². The summed E-state index contributed by atoms with van der Waals surface area (Å²) in [5, 5.41) is 0.630. The van der Waals surface area contributed by atoms with Gasteiger partial charge in [0.2, 0.25) is 0 Å². The Morgan fingerprint density at radius 2 is 1.64 bits per heavy atom. The van der Waals surface area contributed by atoms with E-state index in [2.05, 4.69) is 0 Å². The number of hydrogen-bond acceptors (Lipinski definition) is 5. The molecule has 0 heterocycles. The molecule has 0 saturated carbocycles. The van der Waals surface area contributed by atoms with Gasteiger partial charge in [0.05, 0.1) is 12.5 Å². The van der Waals surface area contributed by atoms with Crippen LogP contribution in [0.3, 0.4) is 0 Å². The first kappa shape index (κ1) is 22.2. The standard InChI is InChI=1S/C22H23ClO4S/c1-3-27-22(26)19(13-21(25)16-7-5-4-6-8-16)20(15(2)24)14-28-18-11-9-17(23)10-12-18/h4-12,19-20H,3,13-14H2,1-2H3/t19-,20?/m1/s1. The van der Waals surface area contributed by atoms with Crippen molar-refractivity contribution in [2.45, 2.75) is 25.2 Å². The summed E-state index contributed by atoms with van der Waals surface area (Å²) < 4.78 is 5.17. The first-order chi connectivity index (χ1) is 13.4. The van der Waals surface area contributed by atoms with E-state index in [-0.39, 0.29) is 24.6 Å². The average molecular weight is 419 g/mol. The quantitative estimate of drug-likeness (QED) is 0.305. The van der Waals surface area contributed by atoms with Crippen LogP contribution in [0.1, 0.15) is 30.6 Å². The van der Waals surface area contributed by atoms with E-state index in [0.29, 0.717) is 16.3 Å². The largest absolute Gasteiger partial charge is 0.466 e. The molecule has 0 radical (unpaired) electrons. The number of esters is 1. The second-order valence-electron chi connectivity index (χ2n) is 6.33. The Morgan fingerprint density at radius 3 is 2.21 bits per heavy atom. The van der Waals surface area contributed by atoms with Crippen LogP contribution in [0.2, 0.25) is 5.02 Å². The molecular weight excluding hydrogens is 396 g/mol. The molecule has 0 bridgehead atoms.